The third-order valence-corrected chi connectivity index (χ3v) is 4.22. The summed E-state index contributed by atoms with van der Waals surface area (Å²) in [5.41, 5.74) is 2.89. The Hall–Kier alpha value is -2.47. The number of halogens is 1. The average Bonchev–Trinajstić information content (AvgIpc) is 3.06. The summed E-state index contributed by atoms with van der Waals surface area (Å²) in [5.74, 6) is 0.555. The molecule has 1 aromatic heterocycles. The van der Waals surface area contributed by atoms with Crippen LogP contribution in [0, 0.1) is 6.92 Å². The molecule has 5 nitrogen and oxygen atoms in total. The molecule has 3 aromatic rings. The second-order valence-corrected chi connectivity index (χ2v) is 6.69. The number of carbonyl (C=O) groups is 1. The summed E-state index contributed by atoms with van der Waals surface area (Å²) in [6, 6.07) is 15.8. The number of aryl methyl sites for hydroxylation is 1. The van der Waals surface area contributed by atoms with Crippen LogP contribution in [0.5, 0.6) is 0 Å². The van der Waals surface area contributed by atoms with Crippen LogP contribution >= 0.6 is 15.9 Å². The first-order valence-corrected chi connectivity index (χ1v) is 8.96. The number of aromatic nitrogens is 3. The first kappa shape index (κ1) is 17.4. The van der Waals surface area contributed by atoms with Crippen molar-refractivity contribution in [2.45, 2.75) is 20.3 Å². The van der Waals surface area contributed by atoms with Crippen molar-refractivity contribution < 1.29 is 4.79 Å². The van der Waals surface area contributed by atoms with E-state index in [1.54, 1.807) is 4.68 Å². The maximum atomic E-state index is 12.3. The number of nitrogens with one attached hydrogen (secondary N) is 1. The molecule has 0 saturated carbocycles. The van der Waals surface area contributed by atoms with Crippen molar-refractivity contribution in [3.63, 3.8) is 0 Å². The van der Waals surface area contributed by atoms with Crippen molar-refractivity contribution in [2.24, 2.45) is 0 Å². The summed E-state index contributed by atoms with van der Waals surface area (Å²) >= 11 is 3.44. The van der Waals surface area contributed by atoms with E-state index in [9.17, 15) is 4.79 Å². The lowest BCUT2D eigenvalue weighted by Crippen LogP contribution is -2.25. The van der Waals surface area contributed by atoms with Crippen molar-refractivity contribution in [3.05, 3.63) is 64.4 Å². The largest absolute Gasteiger partial charge is 0.349 e. The van der Waals surface area contributed by atoms with Crippen LogP contribution < -0.4 is 5.32 Å². The van der Waals surface area contributed by atoms with Gasteiger partial charge in [0.2, 0.25) is 5.82 Å². The van der Waals surface area contributed by atoms with E-state index in [1.165, 1.54) is 0 Å². The fourth-order valence-corrected chi connectivity index (χ4v) is 2.72. The number of amides is 1. The highest BCUT2D eigenvalue weighted by Crippen LogP contribution is 2.23. The van der Waals surface area contributed by atoms with Gasteiger partial charge < -0.3 is 5.32 Å². The minimum absolute atomic E-state index is 0.174. The van der Waals surface area contributed by atoms with Crippen LogP contribution in [0.1, 0.15) is 29.5 Å². The van der Waals surface area contributed by atoms with Crippen LogP contribution in [0.2, 0.25) is 0 Å². The molecule has 2 aromatic carbocycles. The SMILES string of the molecule is CCCNC(=O)c1nc(-c2ccc(Br)cc2)n(-c2cccc(C)c2)n1. The molecule has 0 aliphatic rings. The Balaban J connectivity index is 2.09. The molecule has 25 heavy (non-hydrogen) atoms. The van der Waals surface area contributed by atoms with Gasteiger partial charge in [-0.1, -0.05) is 47.1 Å². The maximum Gasteiger partial charge on any atom is 0.290 e. The van der Waals surface area contributed by atoms with E-state index in [1.807, 2.05) is 62.4 Å². The molecule has 0 bridgehead atoms. The van der Waals surface area contributed by atoms with E-state index in [-0.39, 0.29) is 11.7 Å². The molecule has 0 atom stereocenters. The van der Waals surface area contributed by atoms with Crippen molar-refractivity contribution in [2.75, 3.05) is 6.54 Å². The fraction of sp³-hybridized carbons (Fsp3) is 0.211. The number of hydrogen-bond donors (Lipinski definition) is 1. The molecule has 0 radical (unpaired) electrons. The van der Waals surface area contributed by atoms with Crippen LogP contribution in [-0.2, 0) is 0 Å². The minimum Gasteiger partial charge on any atom is -0.349 e. The molecule has 0 saturated heterocycles. The Morgan fingerprint density at radius 3 is 2.64 bits per heavy atom. The Morgan fingerprint density at radius 2 is 1.96 bits per heavy atom. The van der Waals surface area contributed by atoms with Gasteiger partial charge in [-0.05, 0) is 43.2 Å². The topological polar surface area (TPSA) is 59.8 Å². The Labute approximate surface area is 155 Å². The maximum absolute atomic E-state index is 12.3. The van der Waals surface area contributed by atoms with E-state index in [2.05, 4.69) is 31.3 Å². The number of benzene rings is 2. The molecule has 0 fully saturated rings. The van der Waals surface area contributed by atoms with Gasteiger partial charge in [0.25, 0.3) is 5.91 Å². The van der Waals surface area contributed by atoms with Gasteiger partial charge in [0, 0.05) is 16.6 Å². The van der Waals surface area contributed by atoms with E-state index >= 15 is 0 Å². The molecule has 0 aliphatic carbocycles. The van der Waals surface area contributed by atoms with Crippen LogP contribution in [-0.4, -0.2) is 27.2 Å². The predicted molar refractivity (Wildman–Crippen MR) is 102 cm³/mol. The van der Waals surface area contributed by atoms with Crippen molar-refractivity contribution in [1.29, 1.82) is 0 Å². The highest BCUT2D eigenvalue weighted by atomic mass is 79.9. The zero-order chi connectivity index (χ0) is 17.8. The number of rotatable bonds is 5. The van der Waals surface area contributed by atoms with E-state index in [0.717, 1.165) is 27.7 Å². The fourth-order valence-electron chi connectivity index (χ4n) is 2.45. The standard InChI is InChI=1S/C19H19BrN4O/c1-3-11-21-19(25)17-22-18(14-7-9-15(20)10-8-14)24(23-17)16-6-4-5-13(2)12-16/h4-10,12H,3,11H2,1-2H3,(H,21,25). The molecule has 6 heteroatoms. The highest BCUT2D eigenvalue weighted by Gasteiger charge is 2.18. The van der Waals surface area contributed by atoms with E-state index in [4.69, 9.17) is 0 Å². The summed E-state index contributed by atoms with van der Waals surface area (Å²) in [7, 11) is 0. The average molecular weight is 399 g/mol. The van der Waals surface area contributed by atoms with Gasteiger partial charge >= 0.3 is 0 Å². The smallest absolute Gasteiger partial charge is 0.290 e. The summed E-state index contributed by atoms with van der Waals surface area (Å²) in [6.45, 7) is 4.63. The second kappa shape index (κ2) is 7.61. The van der Waals surface area contributed by atoms with Gasteiger partial charge in [0.15, 0.2) is 5.82 Å². The molecule has 0 spiro atoms. The zero-order valence-corrected chi connectivity index (χ0v) is 15.7. The van der Waals surface area contributed by atoms with E-state index < -0.39 is 0 Å². The van der Waals surface area contributed by atoms with Crippen molar-refractivity contribution >= 4 is 21.8 Å². The number of nitrogens with zero attached hydrogens (tertiary/aromatic N) is 3. The van der Waals surface area contributed by atoms with Gasteiger partial charge in [-0.2, -0.15) is 0 Å². The van der Waals surface area contributed by atoms with Crippen LogP contribution in [0.4, 0.5) is 0 Å². The molecule has 1 heterocycles. The minimum atomic E-state index is -0.258. The Bertz CT molecular complexity index is 887. The molecule has 128 valence electrons. The van der Waals surface area contributed by atoms with Crippen LogP contribution in [0.15, 0.2) is 53.0 Å². The van der Waals surface area contributed by atoms with Crippen LogP contribution in [0.3, 0.4) is 0 Å². The third-order valence-electron chi connectivity index (χ3n) is 3.69. The van der Waals surface area contributed by atoms with Gasteiger partial charge in [0.05, 0.1) is 5.69 Å². The summed E-state index contributed by atoms with van der Waals surface area (Å²) in [6.07, 6.45) is 0.865. The van der Waals surface area contributed by atoms with Crippen molar-refractivity contribution in [3.8, 4) is 17.1 Å². The quantitative estimate of drug-likeness (QED) is 0.702. The number of hydrogen-bond acceptors (Lipinski definition) is 3. The molecule has 0 unspecified atom stereocenters. The van der Waals surface area contributed by atoms with Crippen molar-refractivity contribution in [1.82, 2.24) is 20.1 Å². The normalized spacial score (nSPS) is 10.7. The third kappa shape index (κ3) is 3.96. The monoisotopic (exact) mass is 398 g/mol. The highest BCUT2D eigenvalue weighted by molar-refractivity contribution is 9.10. The zero-order valence-electron chi connectivity index (χ0n) is 14.2. The molecule has 1 N–H and O–H groups in total. The lowest BCUT2D eigenvalue weighted by Gasteiger charge is -2.06. The van der Waals surface area contributed by atoms with E-state index in [0.29, 0.717) is 12.4 Å². The van der Waals surface area contributed by atoms with Gasteiger partial charge in [-0.25, -0.2) is 9.67 Å². The van der Waals surface area contributed by atoms with Gasteiger partial charge in [-0.3, -0.25) is 4.79 Å². The summed E-state index contributed by atoms with van der Waals surface area (Å²) in [4.78, 5) is 16.8. The molecular formula is C19H19BrN4O. The van der Waals surface area contributed by atoms with Gasteiger partial charge in [0.1, 0.15) is 0 Å². The lowest BCUT2D eigenvalue weighted by molar-refractivity contribution is 0.0943. The summed E-state index contributed by atoms with van der Waals surface area (Å²) in [5, 5.41) is 7.28. The Kier molecular flexibility index (Phi) is 5.28. The molecule has 3 rings (SSSR count). The Morgan fingerprint density at radius 1 is 1.20 bits per heavy atom. The first-order valence-electron chi connectivity index (χ1n) is 8.16. The van der Waals surface area contributed by atoms with Gasteiger partial charge in [-0.15, -0.1) is 5.10 Å². The van der Waals surface area contributed by atoms with Crippen LogP contribution in [0.25, 0.3) is 17.1 Å². The number of carbonyl (C=O) groups excluding carboxylic acids is 1. The molecule has 0 aliphatic heterocycles. The second-order valence-electron chi connectivity index (χ2n) is 5.77. The first-order chi connectivity index (χ1) is 12.1. The lowest BCUT2D eigenvalue weighted by atomic mass is 10.2. The molecule has 1 amide bonds. The summed E-state index contributed by atoms with van der Waals surface area (Å²) < 4.78 is 2.70. The molecular weight excluding hydrogens is 380 g/mol. The predicted octanol–water partition coefficient (Wildman–Crippen LogP) is 4.15.